The van der Waals surface area contributed by atoms with E-state index in [9.17, 15) is 4.79 Å². The Morgan fingerprint density at radius 1 is 1.53 bits per heavy atom. The minimum atomic E-state index is -0.00375. The van der Waals surface area contributed by atoms with Gasteiger partial charge in [-0.15, -0.1) is 0 Å². The van der Waals surface area contributed by atoms with Crippen molar-refractivity contribution in [2.24, 2.45) is 0 Å². The molecule has 0 aliphatic carbocycles. The van der Waals surface area contributed by atoms with E-state index < -0.39 is 0 Å². The van der Waals surface area contributed by atoms with E-state index in [1.807, 2.05) is 24.3 Å². The fourth-order valence-electron chi connectivity index (χ4n) is 2.43. The monoisotopic (exact) mass is 262 g/mol. The van der Waals surface area contributed by atoms with E-state index in [-0.39, 0.29) is 5.91 Å². The smallest absolute Gasteiger partial charge is 0.251 e. The summed E-state index contributed by atoms with van der Waals surface area (Å²) in [5.41, 5.74) is 1.72. The van der Waals surface area contributed by atoms with Crippen LogP contribution in [0.15, 0.2) is 24.3 Å². The van der Waals surface area contributed by atoms with E-state index >= 15 is 0 Å². The van der Waals surface area contributed by atoms with Crippen LogP contribution in [-0.4, -0.2) is 32.1 Å². The summed E-state index contributed by atoms with van der Waals surface area (Å²) in [5.74, 6) is -0.00375. The molecule has 104 valence electrons. The number of carbonyl (C=O) groups excluding carboxylic acids is 1. The van der Waals surface area contributed by atoms with E-state index in [1.54, 1.807) is 7.11 Å². The van der Waals surface area contributed by atoms with Gasteiger partial charge in [0.25, 0.3) is 5.91 Å². The summed E-state index contributed by atoms with van der Waals surface area (Å²) >= 11 is 0. The zero-order valence-corrected chi connectivity index (χ0v) is 11.4. The number of amides is 1. The summed E-state index contributed by atoms with van der Waals surface area (Å²) in [6.07, 6.45) is 3.47. The number of rotatable bonds is 6. The molecule has 1 aliphatic rings. The summed E-state index contributed by atoms with van der Waals surface area (Å²) in [7, 11) is 1.65. The molecule has 1 saturated heterocycles. The molecule has 0 radical (unpaired) electrons. The van der Waals surface area contributed by atoms with Gasteiger partial charge in [-0.2, -0.15) is 0 Å². The molecular weight excluding hydrogens is 240 g/mol. The predicted octanol–water partition coefficient (Wildman–Crippen LogP) is 1.70. The average Bonchev–Trinajstić information content (AvgIpc) is 2.92. The Kier molecular flexibility index (Phi) is 5.36. The van der Waals surface area contributed by atoms with E-state index in [2.05, 4.69) is 10.6 Å². The molecule has 0 spiro atoms. The molecule has 2 N–H and O–H groups in total. The van der Waals surface area contributed by atoms with Gasteiger partial charge < -0.3 is 15.4 Å². The molecule has 0 unspecified atom stereocenters. The molecule has 1 amide bonds. The van der Waals surface area contributed by atoms with Crippen molar-refractivity contribution in [2.75, 3.05) is 20.2 Å². The molecule has 1 aliphatic heterocycles. The van der Waals surface area contributed by atoms with Crippen LogP contribution in [0.3, 0.4) is 0 Å². The van der Waals surface area contributed by atoms with Gasteiger partial charge in [-0.05, 0) is 43.5 Å². The van der Waals surface area contributed by atoms with Crippen molar-refractivity contribution in [3.05, 3.63) is 35.4 Å². The molecule has 1 heterocycles. The molecule has 19 heavy (non-hydrogen) atoms. The Hall–Kier alpha value is -1.39. The second-order valence-electron chi connectivity index (χ2n) is 4.97. The molecule has 4 nitrogen and oxygen atoms in total. The van der Waals surface area contributed by atoms with Crippen molar-refractivity contribution >= 4 is 5.91 Å². The Balaban J connectivity index is 1.79. The number of methoxy groups -OCH3 is 1. The second kappa shape index (κ2) is 7.26. The Morgan fingerprint density at radius 3 is 3.16 bits per heavy atom. The van der Waals surface area contributed by atoms with Gasteiger partial charge in [-0.25, -0.2) is 0 Å². The van der Waals surface area contributed by atoms with E-state index in [0.29, 0.717) is 18.2 Å². The topological polar surface area (TPSA) is 50.4 Å². The second-order valence-corrected chi connectivity index (χ2v) is 4.97. The van der Waals surface area contributed by atoms with Crippen LogP contribution in [0.4, 0.5) is 0 Å². The van der Waals surface area contributed by atoms with Crippen LogP contribution in [-0.2, 0) is 11.3 Å². The van der Waals surface area contributed by atoms with Crippen molar-refractivity contribution in [1.82, 2.24) is 10.6 Å². The van der Waals surface area contributed by atoms with Crippen LogP contribution in [0.5, 0.6) is 0 Å². The standard InChI is InChI=1S/C15H22N2O2/c1-19-11-12-4-2-5-13(10-12)15(18)17-9-7-14-6-3-8-16-14/h2,4-5,10,14,16H,3,6-9,11H2,1H3,(H,17,18)/t14-/m0/s1. The first-order chi connectivity index (χ1) is 9.29. The van der Waals surface area contributed by atoms with Crippen molar-refractivity contribution in [1.29, 1.82) is 0 Å². The molecule has 1 fully saturated rings. The molecule has 1 aromatic carbocycles. The number of hydrogen-bond acceptors (Lipinski definition) is 3. The molecule has 0 bridgehead atoms. The molecule has 0 aromatic heterocycles. The van der Waals surface area contributed by atoms with Gasteiger partial charge >= 0.3 is 0 Å². The fourth-order valence-corrected chi connectivity index (χ4v) is 2.43. The van der Waals surface area contributed by atoms with Crippen LogP contribution in [0.25, 0.3) is 0 Å². The third-order valence-corrected chi connectivity index (χ3v) is 3.44. The summed E-state index contributed by atoms with van der Waals surface area (Å²) < 4.78 is 5.07. The van der Waals surface area contributed by atoms with Gasteiger partial charge in [0.2, 0.25) is 0 Å². The summed E-state index contributed by atoms with van der Waals surface area (Å²) in [5, 5.41) is 6.40. The predicted molar refractivity (Wildman–Crippen MR) is 75.1 cm³/mol. The summed E-state index contributed by atoms with van der Waals surface area (Å²) in [6, 6.07) is 8.14. The molecule has 4 heteroatoms. The highest BCUT2D eigenvalue weighted by atomic mass is 16.5. The minimum Gasteiger partial charge on any atom is -0.380 e. The lowest BCUT2D eigenvalue weighted by atomic mass is 10.1. The Morgan fingerprint density at radius 2 is 2.42 bits per heavy atom. The van der Waals surface area contributed by atoms with Crippen LogP contribution in [0.1, 0.15) is 35.2 Å². The van der Waals surface area contributed by atoms with Gasteiger partial charge in [0.15, 0.2) is 0 Å². The molecule has 2 rings (SSSR count). The first-order valence-corrected chi connectivity index (χ1v) is 6.89. The fraction of sp³-hybridized carbons (Fsp3) is 0.533. The van der Waals surface area contributed by atoms with Crippen molar-refractivity contribution in [3.8, 4) is 0 Å². The molecule has 0 saturated carbocycles. The lowest BCUT2D eigenvalue weighted by Crippen LogP contribution is -2.30. The largest absolute Gasteiger partial charge is 0.380 e. The molecule has 1 aromatic rings. The normalized spacial score (nSPS) is 18.5. The zero-order valence-electron chi connectivity index (χ0n) is 11.4. The van der Waals surface area contributed by atoms with Gasteiger partial charge in [-0.1, -0.05) is 12.1 Å². The molecule has 1 atom stereocenters. The number of hydrogen-bond donors (Lipinski definition) is 2. The van der Waals surface area contributed by atoms with Crippen LogP contribution in [0, 0.1) is 0 Å². The maximum absolute atomic E-state index is 12.0. The zero-order chi connectivity index (χ0) is 13.5. The van der Waals surface area contributed by atoms with E-state index in [4.69, 9.17) is 4.74 Å². The third kappa shape index (κ3) is 4.33. The lowest BCUT2D eigenvalue weighted by Gasteiger charge is -2.11. The van der Waals surface area contributed by atoms with Crippen LogP contribution in [0.2, 0.25) is 0 Å². The highest BCUT2D eigenvalue weighted by Crippen LogP contribution is 2.09. The Labute approximate surface area is 114 Å². The lowest BCUT2D eigenvalue weighted by molar-refractivity contribution is 0.0952. The SMILES string of the molecule is COCc1cccc(C(=O)NCC[C@@H]2CCCN2)c1. The van der Waals surface area contributed by atoms with Crippen LogP contribution >= 0.6 is 0 Å². The van der Waals surface area contributed by atoms with Crippen LogP contribution < -0.4 is 10.6 Å². The van der Waals surface area contributed by atoms with Gasteiger partial charge in [0.1, 0.15) is 0 Å². The summed E-state index contributed by atoms with van der Waals surface area (Å²) in [6.45, 7) is 2.37. The maximum Gasteiger partial charge on any atom is 0.251 e. The van der Waals surface area contributed by atoms with Gasteiger partial charge in [-0.3, -0.25) is 4.79 Å². The highest BCUT2D eigenvalue weighted by molar-refractivity contribution is 5.94. The first-order valence-electron chi connectivity index (χ1n) is 6.89. The quantitative estimate of drug-likeness (QED) is 0.820. The van der Waals surface area contributed by atoms with Gasteiger partial charge in [0.05, 0.1) is 6.61 Å². The third-order valence-electron chi connectivity index (χ3n) is 3.44. The summed E-state index contributed by atoms with van der Waals surface area (Å²) in [4.78, 5) is 12.0. The Bertz CT molecular complexity index is 414. The van der Waals surface area contributed by atoms with E-state index in [0.717, 1.165) is 25.1 Å². The van der Waals surface area contributed by atoms with Crippen molar-refractivity contribution in [3.63, 3.8) is 0 Å². The first kappa shape index (κ1) is 14.0. The number of nitrogens with one attached hydrogen (secondary N) is 2. The molecular formula is C15H22N2O2. The van der Waals surface area contributed by atoms with Crippen molar-refractivity contribution < 1.29 is 9.53 Å². The maximum atomic E-state index is 12.0. The van der Waals surface area contributed by atoms with Crippen molar-refractivity contribution in [2.45, 2.75) is 31.9 Å². The number of ether oxygens (including phenoxy) is 1. The average molecular weight is 262 g/mol. The van der Waals surface area contributed by atoms with Gasteiger partial charge in [0, 0.05) is 25.3 Å². The number of carbonyl (C=O) groups is 1. The van der Waals surface area contributed by atoms with E-state index in [1.165, 1.54) is 12.8 Å². The minimum absolute atomic E-state index is 0.00375. The highest BCUT2D eigenvalue weighted by Gasteiger charge is 2.14. The number of benzene rings is 1.